The molecule has 122 valence electrons. The summed E-state index contributed by atoms with van der Waals surface area (Å²) < 4.78 is 35.5. The van der Waals surface area contributed by atoms with Gasteiger partial charge in [0.25, 0.3) is 0 Å². The fraction of sp³-hybridized carbons (Fsp3) is 0.0714. The molecule has 0 spiro atoms. The van der Waals surface area contributed by atoms with Crippen molar-refractivity contribution >= 4 is 72.9 Å². The molecule has 2 aromatic carbocycles. The van der Waals surface area contributed by atoms with Crippen LogP contribution in [0, 0.1) is 7.14 Å². The van der Waals surface area contributed by atoms with Crippen LogP contribution < -0.4 is 4.18 Å². The highest BCUT2D eigenvalue weighted by atomic mass is 127. The number of hydrogen-bond donors (Lipinski definition) is 0. The Hall–Kier alpha value is -0.590. The van der Waals surface area contributed by atoms with E-state index in [-0.39, 0.29) is 10.6 Å². The largest absolute Gasteiger partial charge is 0.465 e. The fourth-order valence-electron chi connectivity index (χ4n) is 1.63. The predicted molar refractivity (Wildman–Crippen MR) is 102 cm³/mol. The van der Waals surface area contributed by atoms with Crippen LogP contribution in [0.5, 0.6) is 5.75 Å². The monoisotopic (exact) mass is 578 g/mol. The number of carbonyl (C=O) groups is 1. The van der Waals surface area contributed by atoms with E-state index in [9.17, 15) is 13.2 Å². The normalized spacial score (nSPS) is 11.1. The quantitative estimate of drug-likeness (QED) is 0.311. The van der Waals surface area contributed by atoms with Gasteiger partial charge in [0.15, 0.2) is 5.75 Å². The summed E-state index contributed by atoms with van der Waals surface area (Å²) in [4.78, 5) is 11.6. The van der Waals surface area contributed by atoms with Crippen molar-refractivity contribution in [2.45, 2.75) is 4.90 Å². The van der Waals surface area contributed by atoms with Gasteiger partial charge in [-0.25, -0.2) is 4.79 Å². The first-order chi connectivity index (χ1) is 10.7. The van der Waals surface area contributed by atoms with Crippen molar-refractivity contribution in [1.29, 1.82) is 0 Å². The third kappa shape index (κ3) is 4.48. The Morgan fingerprint density at radius 3 is 2.09 bits per heavy atom. The van der Waals surface area contributed by atoms with Gasteiger partial charge in [-0.2, -0.15) is 8.42 Å². The molecular weight excluding hydrogens is 569 g/mol. The Morgan fingerprint density at radius 2 is 1.61 bits per heavy atom. The predicted octanol–water partition coefficient (Wildman–Crippen LogP) is 4.10. The minimum Gasteiger partial charge on any atom is -0.465 e. The molecule has 23 heavy (non-hydrogen) atoms. The van der Waals surface area contributed by atoms with Crippen molar-refractivity contribution in [3.05, 3.63) is 54.1 Å². The number of benzene rings is 2. The molecule has 0 aliphatic heterocycles. The van der Waals surface area contributed by atoms with Crippen molar-refractivity contribution in [2.75, 3.05) is 7.11 Å². The maximum atomic E-state index is 12.3. The topological polar surface area (TPSA) is 69.7 Å². The average Bonchev–Trinajstić information content (AvgIpc) is 2.50. The molecule has 0 amide bonds. The highest BCUT2D eigenvalue weighted by molar-refractivity contribution is 14.1. The van der Waals surface area contributed by atoms with E-state index in [1.807, 2.05) is 45.2 Å². The zero-order chi connectivity index (χ0) is 17.2. The molecule has 0 heterocycles. The first kappa shape index (κ1) is 18.7. The first-order valence-corrected chi connectivity index (χ1v) is 9.96. The van der Waals surface area contributed by atoms with Gasteiger partial charge in [0.05, 0.1) is 19.8 Å². The second kappa shape index (κ2) is 7.53. The molecule has 0 unspecified atom stereocenters. The van der Waals surface area contributed by atoms with Crippen LogP contribution in [0.25, 0.3) is 0 Å². The van der Waals surface area contributed by atoms with Crippen molar-refractivity contribution < 1.29 is 22.1 Å². The van der Waals surface area contributed by atoms with Crippen LogP contribution in [0.1, 0.15) is 10.4 Å². The zero-order valence-electron chi connectivity index (χ0n) is 11.5. The summed E-state index contributed by atoms with van der Waals surface area (Å²) >= 11 is 9.56. The third-order valence-electron chi connectivity index (χ3n) is 2.71. The number of rotatable bonds is 4. The van der Waals surface area contributed by atoms with E-state index >= 15 is 0 Å². The molecule has 2 aromatic rings. The lowest BCUT2D eigenvalue weighted by Gasteiger charge is -2.12. The highest BCUT2D eigenvalue weighted by Gasteiger charge is 2.21. The maximum Gasteiger partial charge on any atom is 0.339 e. The van der Waals surface area contributed by atoms with E-state index < -0.39 is 16.1 Å². The molecule has 0 aliphatic rings. The lowest BCUT2D eigenvalue weighted by molar-refractivity contribution is 0.0600. The molecule has 0 aromatic heterocycles. The number of carbonyl (C=O) groups excluding carboxylic acids is 1. The molecule has 9 heteroatoms. The molecule has 0 radical (unpaired) electrons. The van der Waals surface area contributed by atoms with Crippen molar-refractivity contribution in [3.8, 4) is 5.75 Å². The molecule has 0 bridgehead atoms. The van der Waals surface area contributed by atoms with E-state index in [0.29, 0.717) is 17.7 Å². The van der Waals surface area contributed by atoms with E-state index in [2.05, 4.69) is 4.74 Å². The lowest BCUT2D eigenvalue weighted by Crippen LogP contribution is -2.12. The van der Waals surface area contributed by atoms with Gasteiger partial charge in [-0.05, 0) is 81.6 Å². The van der Waals surface area contributed by atoms with Crippen molar-refractivity contribution in [2.24, 2.45) is 0 Å². The Balaban J connectivity index is 2.40. The van der Waals surface area contributed by atoms with Crippen LogP contribution in [0.2, 0.25) is 5.02 Å². The van der Waals surface area contributed by atoms with Gasteiger partial charge in [0.2, 0.25) is 0 Å². The summed E-state index contributed by atoms with van der Waals surface area (Å²) in [6.45, 7) is 0. The Bertz CT molecular complexity index is 827. The van der Waals surface area contributed by atoms with Crippen LogP contribution in [-0.2, 0) is 14.9 Å². The van der Waals surface area contributed by atoms with Gasteiger partial charge >= 0.3 is 16.1 Å². The van der Waals surface area contributed by atoms with Crippen LogP contribution in [0.4, 0.5) is 0 Å². The second-order valence-electron chi connectivity index (χ2n) is 4.25. The number of esters is 1. The average molecular weight is 579 g/mol. The number of ether oxygens (including phenoxy) is 1. The van der Waals surface area contributed by atoms with Crippen LogP contribution in [-0.4, -0.2) is 21.5 Å². The lowest BCUT2D eigenvalue weighted by atomic mass is 10.2. The number of hydrogen-bond acceptors (Lipinski definition) is 5. The van der Waals surface area contributed by atoms with Gasteiger partial charge in [0.1, 0.15) is 4.90 Å². The highest BCUT2D eigenvalue weighted by Crippen LogP contribution is 2.31. The van der Waals surface area contributed by atoms with Gasteiger partial charge < -0.3 is 8.92 Å². The van der Waals surface area contributed by atoms with Gasteiger partial charge in [0, 0.05) is 5.02 Å². The third-order valence-corrected chi connectivity index (χ3v) is 5.80. The molecule has 0 aliphatic carbocycles. The summed E-state index contributed by atoms with van der Waals surface area (Å²) in [5.74, 6) is -0.346. The summed E-state index contributed by atoms with van der Waals surface area (Å²) in [6.07, 6.45) is 0. The van der Waals surface area contributed by atoms with E-state index in [1.165, 1.54) is 43.5 Å². The smallest absolute Gasteiger partial charge is 0.339 e. The molecule has 0 saturated carbocycles. The Morgan fingerprint density at radius 1 is 1.09 bits per heavy atom. The van der Waals surface area contributed by atoms with Crippen LogP contribution in [0.15, 0.2) is 41.3 Å². The summed E-state index contributed by atoms with van der Waals surface area (Å²) in [6, 6.07) is 8.66. The second-order valence-corrected chi connectivity index (χ2v) is 8.56. The molecule has 0 atom stereocenters. The molecular formula is C14H9ClI2O5S. The number of halogens is 3. The molecule has 0 N–H and O–H groups in total. The summed E-state index contributed by atoms with van der Waals surface area (Å²) in [5.41, 5.74) is 0.317. The minimum absolute atomic E-state index is 0.00876. The Labute approximate surface area is 165 Å². The molecule has 0 saturated heterocycles. The van der Waals surface area contributed by atoms with Crippen molar-refractivity contribution in [3.63, 3.8) is 0 Å². The summed E-state index contributed by atoms with van der Waals surface area (Å²) in [5, 5.41) is 0.426. The zero-order valence-corrected chi connectivity index (χ0v) is 17.4. The van der Waals surface area contributed by atoms with Gasteiger partial charge in [-0.3, -0.25) is 0 Å². The molecule has 2 rings (SSSR count). The minimum atomic E-state index is -4.00. The number of methoxy groups -OCH3 is 1. The maximum absolute atomic E-state index is 12.3. The first-order valence-electron chi connectivity index (χ1n) is 6.02. The summed E-state index contributed by atoms with van der Waals surface area (Å²) in [7, 11) is -2.72. The molecule has 0 fully saturated rings. The standard InChI is InChI=1S/C14H9ClI2O5S/c1-21-14(18)8-6-11(16)13(12(17)7-8)22-23(19,20)10-4-2-9(15)3-5-10/h2-7H,1H3. The van der Waals surface area contributed by atoms with E-state index in [0.717, 1.165) is 0 Å². The van der Waals surface area contributed by atoms with Crippen molar-refractivity contribution in [1.82, 2.24) is 0 Å². The Kier molecular flexibility index (Phi) is 6.14. The SMILES string of the molecule is COC(=O)c1cc(I)c(OS(=O)(=O)c2ccc(Cl)cc2)c(I)c1. The van der Waals surface area contributed by atoms with Crippen LogP contribution in [0.3, 0.4) is 0 Å². The van der Waals surface area contributed by atoms with E-state index in [1.54, 1.807) is 0 Å². The fourth-order valence-corrected chi connectivity index (χ4v) is 5.01. The van der Waals surface area contributed by atoms with Gasteiger partial charge in [-0.1, -0.05) is 11.6 Å². The van der Waals surface area contributed by atoms with Crippen LogP contribution >= 0.6 is 56.8 Å². The van der Waals surface area contributed by atoms with E-state index in [4.69, 9.17) is 15.8 Å². The molecule has 5 nitrogen and oxygen atoms in total. The van der Waals surface area contributed by atoms with Gasteiger partial charge in [-0.15, -0.1) is 0 Å².